The molecule has 0 fully saturated rings. The maximum Gasteiger partial charge on any atom is 0.126 e. The molecule has 0 heterocycles. The minimum absolute atomic E-state index is 0.522. The molecule has 0 atom stereocenters. The Morgan fingerprint density at radius 2 is 1.72 bits per heavy atom. The van der Waals surface area contributed by atoms with Gasteiger partial charge >= 0.3 is 0 Å². The van der Waals surface area contributed by atoms with Crippen LogP contribution >= 0.6 is 0 Å². The molecule has 0 saturated carbocycles. The predicted octanol–water partition coefficient (Wildman–Crippen LogP) is 2.70. The molecule has 3 heteroatoms. The van der Waals surface area contributed by atoms with Crippen molar-refractivity contribution in [1.29, 1.82) is 0 Å². The average Bonchev–Trinajstić information content (AvgIpc) is 2.45. The van der Waals surface area contributed by atoms with E-state index in [9.17, 15) is 0 Å². The second kappa shape index (κ2) is 6.07. The number of rotatable bonds is 5. The molecule has 0 saturated heterocycles. The van der Waals surface area contributed by atoms with E-state index < -0.39 is 0 Å². The molecule has 2 rings (SSSR count). The molecule has 0 aliphatic heterocycles. The molecule has 0 spiro atoms. The molecule has 0 aliphatic rings. The maximum absolute atomic E-state index is 5.45. The number of para-hydroxylation sites is 1. The second-order valence-electron chi connectivity index (χ2n) is 3.86. The smallest absolute Gasteiger partial charge is 0.126 e. The van der Waals surface area contributed by atoms with Crippen molar-refractivity contribution in [3.8, 4) is 22.6 Å². The van der Waals surface area contributed by atoms with Gasteiger partial charge < -0.3 is 15.2 Å². The van der Waals surface area contributed by atoms with Crippen LogP contribution in [0.5, 0.6) is 11.5 Å². The van der Waals surface area contributed by atoms with Gasteiger partial charge in [-0.15, -0.1) is 0 Å². The third kappa shape index (κ3) is 2.81. The van der Waals surface area contributed by atoms with Gasteiger partial charge in [-0.25, -0.2) is 0 Å². The van der Waals surface area contributed by atoms with Crippen molar-refractivity contribution in [2.75, 3.05) is 20.3 Å². The van der Waals surface area contributed by atoms with Gasteiger partial charge in [-0.2, -0.15) is 0 Å². The molecular weight excluding hydrogens is 226 g/mol. The molecule has 3 nitrogen and oxygen atoms in total. The molecular formula is C15H17NO2. The molecule has 0 radical (unpaired) electrons. The monoisotopic (exact) mass is 243 g/mol. The minimum atomic E-state index is 0.522. The summed E-state index contributed by atoms with van der Waals surface area (Å²) in [5.41, 5.74) is 7.57. The summed E-state index contributed by atoms with van der Waals surface area (Å²) < 4.78 is 10.8. The van der Waals surface area contributed by atoms with Crippen molar-refractivity contribution < 1.29 is 9.47 Å². The Kier molecular flexibility index (Phi) is 4.20. The van der Waals surface area contributed by atoms with E-state index in [0.29, 0.717) is 13.2 Å². The highest BCUT2D eigenvalue weighted by molar-refractivity contribution is 5.70. The largest absolute Gasteiger partial charge is 0.496 e. The zero-order valence-electron chi connectivity index (χ0n) is 10.4. The lowest BCUT2D eigenvalue weighted by Crippen LogP contribution is -2.10. The van der Waals surface area contributed by atoms with Gasteiger partial charge in [0.15, 0.2) is 0 Å². The molecule has 0 unspecified atom stereocenters. The Bertz CT molecular complexity index is 494. The van der Waals surface area contributed by atoms with Crippen LogP contribution < -0.4 is 15.2 Å². The lowest BCUT2D eigenvalue weighted by Gasteiger charge is -2.09. The topological polar surface area (TPSA) is 44.5 Å². The predicted molar refractivity (Wildman–Crippen MR) is 73.0 cm³/mol. The molecule has 2 aromatic carbocycles. The molecule has 0 aromatic heterocycles. The van der Waals surface area contributed by atoms with Crippen LogP contribution in [0.25, 0.3) is 11.1 Å². The number of hydrogen-bond donors (Lipinski definition) is 1. The summed E-state index contributed by atoms with van der Waals surface area (Å²) in [6, 6.07) is 15.9. The van der Waals surface area contributed by atoms with E-state index in [1.54, 1.807) is 7.11 Å². The Morgan fingerprint density at radius 1 is 1.00 bits per heavy atom. The van der Waals surface area contributed by atoms with Crippen LogP contribution in [0.15, 0.2) is 48.5 Å². The molecule has 94 valence electrons. The van der Waals surface area contributed by atoms with Crippen LogP contribution in [0.3, 0.4) is 0 Å². The zero-order chi connectivity index (χ0) is 12.8. The fraction of sp³-hybridized carbons (Fsp3) is 0.200. The molecule has 2 aromatic rings. The highest BCUT2D eigenvalue weighted by Crippen LogP contribution is 2.30. The number of benzene rings is 2. The fourth-order valence-corrected chi connectivity index (χ4v) is 1.79. The van der Waals surface area contributed by atoms with E-state index in [1.807, 2.05) is 48.5 Å². The standard InChI is InChI=1S/C15H17NO2/c1-17-15-5-3-2-4-14(15)12-6-8-13(9-7-12)18-11-10-16/h2-9H,10-11,16H2,1H3. The number of methoxy groups -OCH3 is 1. The van der Waals surface area contributed by atoms with Crippen LogP contribution in [0, 0.1) is 0 Å². The van der Waals surface area contributed by atoms with Crippen molar-refractivity contribution in [3.63, 3.8) is 0 Å². The third-order valence-electron chi connectivity index (χ3n) is 2.66. The van der Waals surface area contributed by atoms with Crippen LogP contribution in [-0.4, -0.2) is 20.3 Å². The zero-order valence-corrected chi connectivity index (χ0v) is 10.4. The minimum Gasteiger partial charge on any atom is -0.496 e. The Morgan fingerprint density at radius 3 is 2.39 bits per heavy atom. The number of hydrogen-bond acceptors (Lipinski definition) is 3. The molecule has 0 bridgehead atoms. The number of ether oxygens (including phenoxy) is 2. The van der Waals surface area contributed by atoms with Gasteiger partial charge in [-0.1, -0.05) is 30.3 Å². The van der Waals surface area contributed by atoms with Crippen LogP contribution in [0.2, 0.25) is 0 Å². The summed E-state index contributed by atoms with van der Waals surface area (Å²) in [5, 5.41) is 0. The van der Waals surface area contributed by atoms with E-state index in [-0.39, 0.29) is 0 Å². The maximum atomic E-state index is 5.45. The van der Waals surface area contributed by atoms with Crippen molar-refractivity contribution in [2.45, 2.75) is 0 Å². The first kappa shape index (κ1) is 12.5. The van der Waals surface area contributed by atoms with Gasteiger partial charge in [-0.3, -0.25) is 0 Å². The van der Waals surface area contributed by atoms with Crippen molar-refractivity contribution >= 4 is 0 Å². The first-order valence-electron chi connectivity index (χ1n) is 5.91. The van der Waals surface area contributed by atoms with E-state index >= 15 is 0 Å². The quantitative estimate of drug-likeness (QED) is 0.878. The lowest BCUT2D eigenvalue weighted by molar-refractivity contribution is 0.328. The van der Waals surface area contributed by atoms with Crippen molar-refractivity contribution in [1.82, 2.24) is 0 Å². The fourth-order valence-electron chi connectivity index (χ4n) is 1.79. The van der Waals surface area contributed by atoms with Crippen LogP contribution in [0.4, 0.5) is 0 Å². The van der Waals surface area contributed by atoms with E-state index in [2.05, 4.69) is 0 Å². The highest BCUT2D eigenvalue weighted by Gasteiger charge is 2.04. The van der Waals surface area contributed by atoms with Gasteiger partial charge in [0.25, 0.3) is 0 Å². The van der Waals surface area contributed by atoms with E-state index in [1.165, 1.54) is 0 Å². The average molecular weight is 243 g/mol. The first-order chi connectivity index (χ1) is 8.85. The molecule has 18 heavy (non-hydrogen) atoms. The van der Waals surface area contributed by atoms with Crippen molar-refractivity contribution in [3.05, 3.63) is 48.5 Å². The van der Waals surface area contributed by atoms with Crippen LogP contribution in [0.1, 0.15) is 0 Å². The molecule has 2 N–H and O–H groups in total. The summed E-state index contributed by atoms with van der Waals surface area (Å²) in [6.07, 6.45) is 0. The van der Waals surface area contributed by atoms with Gasteiger partial charge in [0.2, 0.25) is 0 Å². The first-order valence-corrected chi connectivity index (χ1v) is 5.91. The summed E-state index contributed by atoms with van der Waals surface area (Å²) in [7, 11) is 1.68. The summed E-state index contributed by atoms with van der Waals surface area (Å²) >= 11 is 0. The van der Waals surface area contributed by atoms with E-state index in [0.717, 1.165) is 22.6 Å². The van der Waals surface area contributed by atoms with Gasteiger partial charge in [0.1, 0.15) is 18.1 Å². The summed E-state index contributed by atoms with van der Waals surface area (Å²) in [4.78, 5) is 0. The van der Waals surface area contributed by atoms with Crippen molar-refractivity contribution in [2.24, 2.45) is 5.73 Å². The summed E-state index contributed by atoms with van der Waals surface area (Å²) in [5.74, 6) is 1.70. The Labute approximate surface area is 107 Å². The summed E-state index contributed by atoms with van der Waals surface area (Å²) in [6.45, 7) is 1.06. The Hall–Kier alpha value is -2.00. The SMILES string of the molecule is COc1ccccc1-c1ccc(OCCN)cc1. The van der Waals surface area contributed by atoms with Gasteiger partial charge in [-0.05, 0) is 23.8 Å². The number of nitrogens with two attached hydrogens (primary N) is 1. The second-order valence-corrected chi connectivity index (χ2v) is 3.86. The third-order valence-corrected chi connectivity index (χ3v) is 2.66. The normalized spacial score (nSPS) is 10.1. The lowest BCUT2D eigenvalue weighted by atomic mass is 10.0. The van der Waals surface area contributed by atoms with Gasteiger partial charge in [0, 0.05) is 12.1 Å². The van der Waals surface area contributed by atoms with Crippen LogP contribution in [-0.2, 0) is 0 Å². The van der Waals surface area contributed by atoms with Gasteiger partial charge in [0.05, 0.1) is 7.11 Å². The van der Waals surface area contributed by atoms with E-state index in [4.69, 9.17) is 15.2 Å². The highest BCUT2D eigenvalue weighted by atomic mass is 16.5. The molecule has 0 amide bonds. The molecule has 0 aliphatic carbocycles. The Balaban J connectivity index is 2.23.